The van der Waals surface area contributed by atoms with Gasteiger partial charge in [0.15, 0.2) is 0 Å². The van der Waals surface area contributed by atoms with E-state index >= 15 is 0 Å². The zero-order chi connectivity index (χ0) is 11.5. The minimum Gasteiger partial charge on any atom is -0.391 e. The molecule has 0 aliphatic carbocycles. The van der Waals surface area contributed by atoms with Crippen LogP contribution in [0.15, 0.2) is 24.3 Å². The molecule has 0 aliphatic heterocycles. The lowest BCUT2D eigenvalue weighted by Crippen LogP contribution is -1.87. The van der Waals surface area contributed by atoms with Gasteiger partial charge < -0.3 is 5.11 Å². The summed E-state index contributed by atoms with van der Waals surface area (Å²) in [4.78, 5) is 5.43. The Morgan fingerprint density at radius 1 is 1.19 bits per heavy atom. The Morgan fingerprint density at radius 3 is 2.44 bits per heavy atom. The summed E-state index contributed by atoms with van der Waals surface area (Å²) < 4.78 is 0. The number of aliphatic hydroxyl groups excluding tert-OH is 1. The maximum atomic E-state index is 9.10. The summed E-state index contributed by atoms with van der Waals surface area (Å²) in [5, 5.41) is 10.2. The van der Waals surface area contributed by atoms with Gasteiger partial charge in [0.25, 0.3) is 0 Å². The molecule has 2 aromatic rings. The molecule has 0 radical (unpaired) electrons. The third-order valence-electron chi connectivity index (χ3n) is 2.56. The van der Waals surface area contributed by atoms with E-state index in [1.54, 1.807) is 11.3 Å². The maximum Gasteiger partial charge on any atom is 0.0975 e. The Hall–Kier alpha value is -1.19. The zero-order valence-corrected chi connectivity index (χ0v) is 10.3. The number of hydrogen-bond acceptors (Lipinski definition) is 3. The minimum atomic E-state index is 0.0946. The van der Waals surface area contributed by atoms with E-state index in [1.165, 1.54) is 11.1 Å². The van der Waals surface area contributed by atoms with Gasteiger partial charge in [0, 0.05) is 6.42 Å². The van der Waals surface area contributed by atoms with Crippen molar-refractivity contribution < 1.29 is 5.11 Å². The molecule has 1 aromatic heterocycles. The first-order valence-corrected chi connectivity index (χ1v) is 6.12. The fraction of sp³-hybridized carbons (Fsp3) is 0.308. The van der Waals surface area contributed by atoms with E-state index in [-0.39, 0.29) is 6.61 Å². The van der Waals surface area contributed by atoms with Gasteiger partial charge in [-0.2, -0.15) is 0 Å². The van der Waals surface area contributed by atoms with Crippen LogP contribution >= 0.6 is 11.3 Å². The smallest absolute Gasteiger partial charge is 0.0975 e. The van der Waals surface area contributed by atoms with Crippen molar-refractivity contribution >= 4 is 11.3 Å². The monoisotopic (exact) mass is 233 g/mol. The van der Waals surface area contributed by atoms with Crippen LogP contribution in [0.4, 0.5) is 0 Å². The predicted octanol–water partition coefficient (Wildman–Crippen LogP) is 2.84. The quantitative estimate of drug-likeness (QED) is 0.884. The zero-order valence-electron chi connectivity index (χ0n) is 9.53. The molecule has 2 nitrogen and oxygen atoms in total. The highest BCUT2D eigenvalue weighted by Gasteiger charge is 2.06. The van der Waals surface area contributed by atoms with Crippen molar-refractivity contribution in [2.45, 2.75) is 26.9 Å². The van der Waals surface area contributed by atoms with E-state index in [1.807, 2.05) is 6.92 Å². The van der Waals surface area contributed by atoms with Gasteiger partial charge >= 0.3 is 0 Å². The molecule has 0 bridgehead atoms. The van der Waals surface area contributed by atoms with E-state index < -0.39 is 0 Å². The number of benzene rings is 1. The van der Waals surface area contributed by atoms with Crippen molar-refractivity contribution in [1.82, 2.24) is 4.98 Å². The number of hydrogen-bond donors (Lipinski definition) is 1. The lowest BCUT2D eigenvalue weighted by atomic mass is 10.1. The van der Waals surface area contributed by atoms with Gasteiger partial charge in [-0.1, -0.05) is 29.8 Å². The summed E-state index contributed by atoms with van der Waals surface area (Å²) in [6.45, 7) is 4.12. The SMILES string of the molecule is Cc1ccc(Cc2nc(C)c(CO)s2)cc1. The molecule has 1 heterocycles. The first kappa shape index (κ1) is 11.3. The number of nitrogens with zero attached hydrogens (tertiary/aromatic N) is 1. The average Bonchev–Trinajstić information content (AvgIpc) is 2.62. The van der Waals surface area contributed by atoms with E-state index in [4.69, 9.17) is 5.11 Å². The Kier molecular flexibility index (Phi) is 3.36. The highest BCUT2D eigenvalue weighted by Crippen LogP contribution is 2.20. The van der Waals surface area contributed by atoms with E-state index in [0.29, 0.717) is 0 Å². The van der Waals surface area contributed by atoms with Crippen LogP contribution in [0.5, 0.6) is 0 Å². The highest BCUT2D eigenvalue weighted by atomic mass is 32.1. The van der Waals surface area contributed by atoms with E-state index in [0.717, 1.165) is 22.0 Å². The Balaban J connectivity index is 2.17. The van der Waals surface area contributed by atoms with Crippen molar-refractivity contribution in [2.24, 2.45) is 0 Å². The number of aryl methyl sites for hydroxylation is 2. The second kappa shape index (κ2) is 4.76. The molecule has 0 saturated heterocycles. The Labute approximate surface area is 99.6 Å². The Bertz CT molecular complexity index is 473. The highest BCUT2D eigenvalue weighted by molar-refractivity contribution is 7.11. The fourth-order valence-electron chi connectivity index (χ4n) is 1.59. The molecule has 0 fully saturated rings. The molecule has 84 valence electrons. The maximum absolute atomic E-state index is 9.10. The molecule has 3 heteroatoms. The first-order chi connectivity index (χ1) is 7.69. The third-order valence-corrected chi connectivity index (χ3v) is 3.70. The molecule has 2 rings (SSSR count). The van der Waals surface area contributed by atoms with Crippen LogP contribution in [0.2, 0.25) is 0 Å². The van der Waals surface area contributed by atoms with Crippen LogP contribution in [0.25, 0.3) is 0 Å². The number of rotatable bonds is 3. The molecule has 0 saturated carbocycles. The second-order valence-corrected chi connectivity index (χ2v) is 5.10. The van der Waals surface area contributed by atoms with Crippen molar-refractivity contribution in [3.8, 4) is 0 Å². The van der Waals surface area contributed by atoms with Crippen LogP contribution in [0, 0.1) is 13.8 Å². The first-order valence-electron chi connectivity index (χ1n) is 5.30. The summed E-state index contributed by atoms with van der Waals surface area (Å²) >= 11 is 1.60. The molecular weight excluding hydrogens is 218 g/mol. The average molecular weight is 233 g/mol. The molecular formula is C13H15NOS. The molecule has 0 amide bonds. The lowest BCUT2D eigenvalue weighted by Gasteiger charge is -1.98. The minimum absolute atomic E-state index is 0.0946. The van der Waals surface area contributed by atoms with Gasteiger partial charge in [-0.15, -0.1) is 11.3 Å². The van der Waals surface area contributed by atoms with Crippen molar-refractivity contribution in [3.05, 3.63) is 51.0 Å². The van der Waals surface area contributed by atoms with Crippen LogP contribution < -0.4 is 0 Å². The number of thiazole rings is 1. The largest absolute Gasteiger partial charge is 0.391 e. The summed E-state index contributed by atoms with van der Waals surface area (Å²) in [6, 6.07) is 8.49. The van der Waals surface area contributed by atoms with Gasteiger partial charge in [-0.05, 0) is 19.4 Å². The van der Waals surface area contributed by atoms with Gasteiger partial charge in [0.2, 0.25) is 0 Å². The molecule has 1 aromatic carbocycles. The van der Waals surface area contributed by atoms with E-state index in [9.17, 15) is 0 Å². The molecule has 0 spiro atoms. The van der Waals surface area contributed by atoms with Gasteiger partial charge in [-0.25, -0.2) is 4.98 Å². The summed E-state index contributed by atoms with van der Waals surface area (Å²) in [7, 11) is 0. The molecule has 1 N–H and O–H groups in total. The van der Waals surface area contributed by atoms with Crippen molar-refractivity contribution in [2.75, 3.05) is 0 Å². The van der Waals surface area contributed by atoms with Crippen LogP contribution in [0.3, 0.4) is 0 Å². The second-order valence-electron chi connectivity index (χ2n) is 3.94. The summed E-state index contributed by atoms with van der Waals surface area (Å²) in [5.41, 5.74) is 3.49. The fourth-order valence-corrected chi connectivity index (χ4v) is 2.55. The lowest BCUT2D eigenvalue weighted by molar-refractivity contribution is 0.284. The van der Waals surface area contributed by atoms with Crippen molar-refractivity contribution in [1.29, 1.82) is 0 Å². The molecule has 0 unspecified atom stereocenters. The molecule has 0 aliphatic rings. The molecule has 16 heavy (non-hydrogen) atoms. The predicted molar refractivity (Wildman–Crippen MR) is 66.8 cm³/mol. The van der Waals surface area contributed by atoms with Crippen LogP contribution in [0.1, 0.15) is 26.7 Å². The van der Waals surface area contributed by atoms with Gasteiger partial charge in [-0.3, -0.25) is 0 Å². The topological polar surface area (TPSA) is 33.1 Å². The summed E-state index contributed by atoms with van der Waals surface area (Å²) in [5.74, 6) is 0. The van der Waals surface area contributed by atoms with Crippen LogP contribution in [-0.2, 0) is 13.0 Å². The standard InChI is InChI=1S/C13H15NOS/c1-9-3-5-11(6-4-9)7-13-14-10(2)12(8-15)16-13/h3-6,15H,7-8H2,1-2H3. The third kappa shape index (κ3) is 2.49. The van der Waals surface area contributed by atoms with Crippen LogP contribution in [-0.4, -0.2) is 10.1 Å². The molecule has 0 atom stereocenters. The van der Waals surface area contributed by atoms with Crippen molar-refractivity contribution in [3.63, 3.8) is 0 Å². The Morgan fingerprint density at radius 2 is 1.88 bits per heavy atom. The van der Waals surface area contributed by atoms with Gasteiger partial charge in [0.1, 0.15) is 0 Å². The normalized spacial score (nSPS) is 10.7. The number of aliphatic hydroxyl groups is 1. The van der Waals surface area contributed by atoms with E-state index in [2.05, 4.69) is 36.2 Å². The number of aromatic nitrogens is 1. The summed E-state index contributed by atoms with van der Waals surface area (Å²) in [6.07, 6.45) is 0.853. The van der Waals surface area contributed by atoms with Gasteiger partial charge in [0.05, 0.1) is 22.2 Å².